The van der Waals surface area contributed by atoms with Crippen molar-refractivity contribution < 1.29 is 15.3 Å². The zero-order valence-corrected chi connectivity index (χ0v) is 7.90. The van der Waals surface area contributed by atoms with Crippen molar-refractivity contribution in [1.29, 1.82) is 0 Å². The number of aromatic hydroxyl groups is 2. The van der Waals surface area contributed by atoms with Crippen LogP contribution in [0.25, 0.3) is 0 Å². The van der Waals surface area contributed by atoms with Gasteiger partial charge in [0.15, 0.2) is 11.5 Å². The summed E-state index contributed by atoms with van der Waals surface area (Å²) in [5, 5.41) is 28.3. The van der Waals surface area contributed by atoms with E-state index in [-0.39, 0.29) is 11.5 Å². The van der Waals surface area contributed by atoms with E-state index in [4.69, 9.17) is 0 Å². The molecule has 3 nitrogen and oxygen atoms in total. The first-order chi connectivity index (χ1) is 6.61. The number of aryl methyl sites for hydroxylation is 1. The van der Waals surface area contributed by atoms with Crippen LogP contribution in [-0.2, 0) is 6.42 Å². The van der Waals surface area contributed by atoms with Gasteiger partial charge in [0.05, 0.1) is 5.60 Å². The summed E-state index contributed by atoms with van der Waals surface area (Å²) in [4.78, 5) is 0. The summed E-state index contributed by atoms with van der Waals surface area (Å²) in [6.45, 7) is 0. The SMILES string of the molecule is Oc1cccc(CCC2(O)CC2)c1O. The molecule has 2 rings (SSSR count). The molecule has 0 aromatic heterocycles. The minimum absolute atomic E-state index is 0.0586. The number of hydrogen-bond donors (Lipinski definition) is 3. The van der Waals surface area contributed by atoms with Crippen molar-refractivity contribution in [2.45, 2.75) is 31.3 Å². The molecule has 1 aromatic carbocycles. The predicted molar refractivity (Wildman–Crippen MR) is 52.3 cm³/mol. The van der Waals surface area contributed by atoms with Crippen molar-refractivity contribution in [1.82, 2.24) is 0 Å². The summed E-state index contributed by atoms with van der Waals surface area (Å²) in [5.41, 5.74) is 0.197. The van der Waals surface area contributed by atoms with Crippen LogP contribution in [0.2, 0.25) is 0 Å². The van der Waals surface area contributed by atoms with Crippen molar-refractivity contribution >= 4 is 0 Å². The van der Waals surface area contributed by atoms with Crippen LogP contribution in [-0.4, -0.2) is 20.9 Å². The van der Waals surface area contributed by atoms with Gasteiger partial charge in [0, 0.05) is 0 Å². The predicted octanol–water partition coefficient (Wildman–Crippen LogP) is 1.56. The Hall–Kier alpha value is -1.22. The van der Waals surface area contributed by atoms with Gasteiger partial charge in [-0.25, -0.2) is 0 Å². The largest absolute Gasteiger partial charge is 0.504 e. The fourth-order valence-corrected chi connectivity index (χ4v) is 1.54. The normalized spacial score (nSPS) is 18.1. The molecule has 76 valence electrons. The Kier molecular flexibility index (Phi) is 2.11. The lowest BCUT2D eigenvalue weighted by molar-refractivity contribution is 0.140. The zero-order valence-electron chi connectivity index (χ0n) is 7.90. The van der Waals surface area contributed by atoms with Gasteiger partial charge in [0.2, 0.25) is 0 Å². The molecule has 0 atom stereocenters. The summed E-state index contributed by atoms with van der Waals surface area (Å²) in [5.74, 6) is -0.151. The molecule has 1 fully saturated rings. The van der Waals surface area contributed by atoms with Crippen LogP contribution in [0.4, 0.5) is 0 Å². The lowest BCUT2D eigenvalue weighted by Gasteiger charge is -2.09. The molecule has 0 unspecified atom stereocenters. The van der Waals surface area contributed by atoms with E-state index in [0.717, 1.165) is 12.8 Å². The molecule has 14 heavy (non-hydrogen) atoms. The summed E-state index contributed by atoms with van der Waals surface area (Å²) in [6, 6.07) is 4.91. The van der Waals surface area contributed by atoms with Gasteiger partial charge >= 0.3 is 0 Å². The molecule has 1 aliphatic rings. The smallest absolute Gasteiger partial charge is 0.160 e. The molecule has 0 aliphatic heterocycles. The number of benzene rings is 1. The molecule has 0 amide bonds. The number of para-hydroxylation sites is 1. The maximum Gasteiger partial charge on any atom is 0.160 e. The van der Waals surface area contributed by atoms with Crippen molar-refractivity contribution in [3.63, 3.8) is 0 Å². The van der Waals surface area contributed by atoms with Crippen LogP contribution in [0, 0.1) is 0 Å². The van der Waals surface area contributed by atoms with E-state index in [1.54, 1.807) is 12.1 Å². The van der Waals surface area contributed by atoms with Gasteiger partial charge in [-0.05, 0) is 37.3 Å². The molecule has 0 heterocycles. The standard InChI is InChI=1S/C11H14O3/c12-9-3-1-2-8(10(9)13)4-5-11(14)6-7-11/h1-3,12-14H,4-7H2. The van der Waals surface area contributed by atoms with E-state index in [9.17, 15) is 15.3 Å². The second-order valence-corrected chi connectivity index (χ2v) is 4.01. The van der Waals surface area contributed by atoms with Gasteiger partial charge in [-0.3, -0.25) is 0 Å². The third-order valence-electron chi connectivity index (χ3n) is 2.79. The topological polar surface area (TPSA) is 60.7 Å². The fraction of sp³-hybridized carbons (Fsp3) is 0.455. The van der Waals surface area contributed by atoms with Gasteiger partial charge in [0.1, 0.15) is 0 Å². The van der Waals surface area contributed by atoms with Crippen molar-refractivity contribution in [3.8, 4) is 11.5 Å². The highest BCUT2D eigenvalue weighted by molar-refractivity contribution is 5.44. The Morgan fingerprint density at radius 1 is 1.21 bits per heavy atom. The van der Waals surface area contributed by atoms with Crippen molar-refractivity contribution in [2.75, 3.05) is 0 Å². The number of rotatable bonds is 3. The van der Waals surface area contributed by atoms with Gasteiger partial charge < -0.3 is 15.3 Å². The van der Waals surface area contributed by atoms with E-state index in [0.29, 0.717) is 18.4 Å². The van der Waals surface area contributed by atoms with Crippen LogP contribution in [0.1, 0.15) is 24.8 Å². The van der Waals surface area contributed by atoms with Crippen LogP contribution < -0.4 is 0 Å². The first-order valence-electron chi connectivity index (χ1n) is 4.83. The zero-order chi connectivity index (χ0) is 10.2. The van der Waals surface area contributed by atoms with Gasteiger partial charge in [-0.1, -0.05) is 12.1 Å². The molecule has 1 aliphatic carbocycles. The summed E-state index contributed by atoms with van der Waals surface area (Å²) in [7, 11) is 0. The van der Waals surface area contributed by atoms with Crippen LogP contribution >= 0.6 is 0 Å². The molecule has 0 radical (unpaired) electrons. The average Bonchev–Trinajstić information content (AvgIpc) is 2.88. The minimum Gasteiger partial charge on any atom is -0.504 e. The summed E-state index contributed by atoms with van der Waals surface area (Å²) >= 11 is 0. The second-order valence-electron chi connectivity index (χ2n) is 4.01. The molecular formula is C11H14O3. The van der Waals surface area contributed by atoms with Gasteiger partial charge in [-0.15, -0.1) is 0 Å². The Morgan fingerprint density at radius 3 is 2.57 bits per heavy atom. The van der Waals surface area contributed by atoms with Gasteiger partial charge in [-0.2, -0.15) is 0 Å². The van der Waals surface area contributed by atoms with E-state index in [2.05, 4.69) is 0 Å². The Bertz CT molecular complexity index is 342. The molecule has 0 saturated heterocycles. The third-order valence-corrected chi connectivity index (χ3v) is 2.79. The van der Waals surface area contributed by atoms with E-state index < -0.39 is 5.60 Å². The van der Waals surface area contributed by atoms with Crippen LogP contribution in [0.15, 0.2) is 18.2 Å². The van der Waals surface area contributed by atoms with E-state index in [1.807, 2.05) is 0 Å². The molecule has 0 bridgehead atoms. The van der Waals surface area contributed by atoms with E-state index in [1.165, 1.54) is 6.07 Å². The second kappa shape index (κ2) is 3.17. The lowest BCUT2D eigenvalue weighted by atomic mass is 10.0. The molecular weight excluding hydrogens is 180 g/mol. The van der Waals surface area contributed by atoms with Crippen molar-refractivity contribution in [2.24, 2.45) is 0 Å². The van der Waals surface area contributed by atoms with E-state index >= 15 is 0 Å². The van der Waals surface area contributed by atoms with Gasteiger partial charge in [0.25, 0.3) is 0 Å². The fourth-order valence-electron chi connectivity index (χ4n) is 1.54. The molecule has 1 saturated carbocycles. The molecule has 0 spiro atoms. The highest BCUT2D eigenvalue weighted by Gasteiger charge is 2.39. The summed E-state index contributed by atoms with van der Waals surface area (Å²) in [6.07, 6.45) is 2.97. The molecule has 3 N–H and O–H groups in total. The van der Waals surface area contributed by atoms with Crippen molar-refractivity contribution in [3.05, 3.63) is 23.8 Å². The number of phenols is 2. The van der Waals surface area contributed by atoms with Crippen LogP contribution in [0.5, 0.6) is 11.5 Å². The molecule has 3 heteroatoms. The Balaban J connectivity index is 2.05. The monoisotopic (exact) mass is 194 g/mol. The Labute approximate surface area is 82.6 Å². The maximum absolute atomic E-state index is 9.61. The first kappa shape index (κ1) is 9.34. The quantitative estimate of drug-likeness (QED) is 0.640. The first-order valence-corrected chi connectivity index (χ1v) is 4.83. The van der Waals surface area contributed by atoms with Crippen LogP contribution in [0.3, 0.4) is 0 Å². The molecule has 1 aromatic rings. The number of hydrogen-bond acceptors (Lipinski definition) is 3. The maximum atomic E-state index is 9.61. The lowest BCUT2D eigenvalue weighted by Crippen LogP contribution is -2.07. The third kappa shape index (κ3) is 1.82. The highest BCUT2D eigenvalue weighted by Crippen LogP contribution is 2.40. The highest BCUT2D eigenvalue weighted by atomic mass is 16.3. The minimum atomic E-state index is -0.502. The number of phenolic OH excluding ortho intramolecular Hbond substituents is 2. The summed E-state index contributed by atoms with van der Waals surface area (Å²) < 4.78 is 0. The average molecular weight is 194 g/mol. The number of aliphatic hydroxyl groups is 1. The Morgan fingerprint density at radius 2 is 1.93 bits per heavy atom.